The molecule has 0 atom stereocenters. The third-order valence-corrected chi connectivity index (χ3v) is 2.51. The van der Waals surface area contributed by atoms with Gasteiger partial charge < -0.3 is 10.2 Å². The topological polar surface area (TPSA) is 40.5 Å². The maximum absolute atomic E-state index is 9.39. The van der Waals surface area contributed by atoms with Gasteiger partial charge in [-0.1, -0.05) is 25.8 Å². The monoisotopic (exact) mass is 156 g/mol. The highest BCUT2D eigenvalue weighted by atomic mass is 16.5. The summed E-state index contributed by atoms with van der Waals surface area (Å²) in [5.41, 5.74) is 0. The minimum absolute atomic E-state index is 0.00810. The Morgan fingerprint density at radius 3 is 2.18 bits per heavy atom. The molecule has 2 heteroatoms. The fourth-order valence-corrected chi connectivity index (χ4v) is 1.69. The average molecular weight is 156 g/mol. The summed E-state index contributed by atoms with van der Waals surface area (Å²) in [6, 6.07) is 0. The highest BCUT2D eigenvalue weighted by Crippen LogP contribution is 2.31. The first-order valence-corrected chi connectivity index (χ1v) is 4.25. The molecule has 0 amide bonds. The van der Waals surface area contributed by atoms with Crippen molar-refractivity contribution < 1.29 is 10.2 Å². The Balaban J connectivity index is 2.50. The Bertz CT molecular complexity index is 134. The molecule has 1 aliphatic rings. The second kappa shape index (κ2) is 3.37. The molecular weight excluding hydrogens is 140 g/mol. The van der Waals surface area contributed by atoms with Crippen LogP contribution in [0.25, 0.3) is 0 Å². The smallest absolute Gasteiger partial charge is 0.185 e. The molecule has 0 unspecified atom stereocenters. The van der Waals surface area contributed by atoms with Gasteiger partial charge in [0, 0.05) is 5.92 Å². The molecule has 0 aliphatic heterocycles. The molecule has 0 aromatic heterocycles. The van der Waals surface area contributed by atoms with Gasteiger partial charge in [-0.2, -0.15) is 0 Å². The Kier molecular flexibility index (Phi) is 2.68. The highest BCUT2D eigenvalue weighted by molar-refractivity contribution is 4.92. The predicted octanol–water partition coefficient (Wildman–Crippen LogP) is 1.43. The predicted molar refractivity (Wildman–Crippen MR) is 43.9 cm³/mol. The Morgan fingerprint density at radius 1 is 1.18 bits per heavy atom. The van der Waals surface area contributed by atoms with Crippen LogP contribution in [0.15, 0.2) is 12.7 Å². The van der Waals surface area contributed by atoms with Gasteiger partial charge in [0.15, 0.2) is 5.79 Å². The van der Waals surface area contributed by atoms with E-state index in [-0.39, 0.29) is 5.92 Å². The maximum atomic E-state index is 9.39. The van der Waals surface area contributed by atoms with Crippen molar-refractivity contribution in [3.05, 3.63) is 12.7 Å². The lowest BCUT2D eigenvalue weighted by molar-refractivity contribution is -0.166. The summed E-state index contributed by atoms with van der Waals surface area (Å²) in [7, 11) is 0. The van der Waals surface area contributed by atoms with E-state index >= 15 is 0 Å². The molecule has 0 aromatic rings. The van der Waals surface area contributed by atoms with Crippen molar-refractivity contribution in [3.8, 4) is 0 Å². The summed E-state index contributed by atoms with van der Waals surface area (Å²) >= 11 is 0. The lowest BCUT2D eigenvalue weighted by Crippen LogP contribution is -2.36. The van der Waals surface area contributed by atoms with Crippen LogP contribution in [0.3, 0.4) is 0 Å². The third-order valence-electron chi connectivity index (χ3n) is 2.51. The van der Waals surface area contributed by atoms with E-state index in [1.54, 1.807) is 0 Å². The second-order valence-electron chi connectivity index (χ2n) is 3.32. The quantitative estimate of drug-likeness (QED) is 0.469. The Labute approximate surface area is 67.6 Å². The zero-order valence-corrected chi connectivity index (χ0v) is 6.79. The normalized spacial score (nSPS) is 21.6. The first-order valence-electron chi connectivity index (χ1n) is 4.25. The molecule has 0 bridgehead atoms. The minimum atomic E-state index is -1.62. The van der Waals surface area contributed by atoms with Gasteiger partial charge in [0.25, 0.3) is 0 Å². The van der Waals surface area contributed by atoms with Crippen LogP contribution in [0.4, 0.5) is 0 Å². The minimum Gasteiger partial charge on any atom is -0.362 e. The van der Waals surface area contributed by atoms with E-state index in [9.17, 15) is 10.2 Å². The summed E-state index contributed by atoms with van der Waals surface area (Å²) < 4.78 is 0. The maximum Gasteiger partial charge on any atom is 0.185 e. The second-order valence-corrected chi connectivity index (χ2v) is 3.32. The van der Waals surface area contributed by atoms with Gasteiger partial charge in [-0.25, -0.2) is 0 Å². The first-order chi connectivity index (χ1) is 5.17. The molecule has 0 aromatic carbocycles. The van der Waals surface area contributed by atoms with Gasteiger partial charge in [0.2, 0.25) is 0 Å². The third kappa shape index (κ3) is 2.04. The number of hydrogen-bond acceptors (Lipinski definition) is 2. The molecule has 64 valence electrons. The van der Waals surface area contributed by atoms with Crippen LogP contribution < -0.4 is 0 Å². The van der Waals surface area contributed by atoms with Crippen molar-refractivity contribution in [3.63, 3.8) is 0 Å². The van der Waals surface area contributed by atoms with E-state index in [0.29, 0.717) is 0 Å². The zero-order chi connectivity index (χ0) is 8.32. The van der Waals surface area contributed by atoms with Gasteiger partial charge >= 0.3 is 0 Å². The summed E-state index contributed by atoms with van der Waals surface area (Å²) in [4.78, 5) is 0. The van der Waals surface area contributed by atoms with E-state index in [2.05, 4.69) is 6.58 Å². The average Bonchev–Trinajstić information content (AvgIpc) is 2.06. The van der Waals surface area contributed by atoms with E-state index in [0.717, 1.165) is 25.7 Å². The van der Waals surface area contributed by atoms with Crippen molar-refractivity contribution in [1.82, 2.24) is 0 Å². The number of rotatable bonds is 2. The Hall–Kier alpha value is -0.340. The molecule has 0 saturated heterocycles. The molecule has 1 rings (SSSR count). The summed E-state index contributed by atoms with van der Waals surface area (Å²) in [5.74, 6) is -1.62. The largest absolute Gasteiger partial charge is 0.362 e. The van der Waals surface area contributed by atoms with Crippen LogP contribution in [-0.2, 0) is 0 Å². The molecule has 1 aliphatic carbocycles. The van der Waals surface area contributed by atoms with Gasteiger partial charge in [-0.15, -0.1) is 0 Å². The molecule has 1 fully saturated rings. The zero-order valence-electron chi connectivity index (χ0n) is 6.79. The van der Waals surface area contributed by atoms with Crippen LogP contribution >= 0.6 is 0 Å². The van der Waals surface area contributed by atoms with Crippen molar-refractivity contribution in [2.45, 2.75) is 37.9 Å². The van der Waals surface area contributed by atoms with Crippen LogP contribution in [0.2, 0.25) is 0 Å². The molecule has 2 N–H and O–H groups in total. The van der Waals surface area contributed by atoms with E-state index in [1.165, 1.54) is 12.5 Å². The van der Waals surface area contributed by atoms with Crippen LogP contribution in [0.5, 0.6) is 0 Å². The van der Waals surface area contributed by atoms with Crippen molar-refractivity contribution in [2.75, 3.05) is 0 Å². The van der Waals surface area contributed by atoms with E-state index in [4.69, 9.17) is 0 Å². The number of aliphatic hydroxyl groups is 2. The van der Waals surface area contributed by atoms with Crippen molar-refractivity contribution >= 4 is 0 Å². The first kappa shape index (κ1) is 8.75. The van der Waals surface area contributed by atoms with Crippen LogP contribution in [-0.4, -0.2) is 16.0 Å². The summed E-state index contributed by atoms with van der Waals surface area (Å²) in [6.45, 7) is 3.41. The lowest BCUT2D eigenvalue weighted by Gasteiger charge is -2.31. The molecule has 11 heavy (non-hydrogen) atoms. The van der Waals surface area contributed by atoms with Crippen molar-refractivity contribution in [1.29, 1.82) is 0 Å². The van der Waals surface area contributed by atoms with Crippen LogP contribution in [0.1, 0.15) is 32.1 Å². The molecule has 0 heterocycles. The highest BCUT2D eigenvalue weighted by Gasteiger charge is 2.31. The van der Waals surface area contributed by atoms with E-state index < -0.39 is 5.79 Å². The molecule has 1 saturated carbocycles. The lowest BCUT2D eigenvalue weighted by atomic mass is 9.83. The molecule has 2 nitrogen and oxygen atoms in total. The standard InChI is InChI=1S/C9H16O2/c1-2-9(10,11)8-6-4-3-5-7-8/h2,8,10-11H,1,3-7H2. The molecule has 0 radical (unpaired) electrons. The molecular formula is C9H16O2. The Morgan fingerprint density at radius 2 is 1.73 bits per heavy atom. The van der Waals surface area contributed by atoms with Crippen LogP contribution in [0, 0.1) is 5.92 Å². The van der Waals surface area contributed by atoms with Gasteiger partial charge in [0.05, 0.1) is 0 Å². The van der Waals surface area contributed by atoms with Gasteiger partial charge in [-0.3, -0.25) is 0 Å². The van der Waals surface area contributed by atoms with Gasteiger partial charge in [0.1, 0.15) is 0 Å². The van der Waals surface area contributed by atoms with Crippen molar-refractivity contribution in [2.24, 2.45) is 5.92 Å². The summed E-state index contributed by atoms with van der Waals surface area (Å²) in [6.07, 6.45) is 6.52. The SMILES string of the molecule is C=CC(O)(O)C1CCCCC1. The van der Waals surface area contributed by atoms with Gasteiger partial charge in [-0.05, 0) is 18.9 Å². The fraction of sp³-hybridized carbons (Fsp3) is 0.778. The number of hydrogen-bond donors (Lipinski definition) is 2. The van der Waals surface area contributed by atoms with E-state index in [1.807, 2.05) is 0 Å². The summed E-state index contributed by atoms with van der Waals surface area (Å²) in [5, 5.41) is 18.8. The molecule has 0 spiro atoms. The fourth-order valence-electron chi connectivity index (χ4n) is 1.69.